The molecule has 4 rings (SSSR count). The summed E-state index contributed by atoms with van der Waals surface area (Å²) in [6.45, 7) is 3.00. The number of ether oxygens (including phenoxy) is 1. The predicted octanol–water partition coefficient (Wildman–Crippen LogP) is 1.83. The highest BCUT2D eigenvalue weighted by molar-refractivity contribution is 7.12. The number of nitrogens with one attached hydrogen (secondary N) is 1. The number of carbonyl (C=O) groups excluding carboxylic acids is 1. The Balaban J connectivity index is 1.36. The number of likely N-dealkylation sites (tertiary alicyclic amines) is 1. The zero-order valence-corrected chi connectivity index (χ0v) is 15.5. The molecule has 7 nitrogen and oxygen atoms in total. The smallest absolute Gasteiger partial charge is 0.348 e. The van der Waals surface area contributed by atoms with E-state index in [0.29, 0.717) is 25.0 Å². The first-order valence-electron chi connectivity index (χ1n) is 9.29. The molecule has 26 heavy (non-hydrogen) atoms. The topological polar surface area (TPSA) is 80.2 Å². The van der Waals surface area contributed by atoms with Crippen LogP contribution in [0.3, 0.4) is 0 Å². The molecule has 4 heterocycles. The van der Waals surface area contributed by atoms with E-state index in [1.54, 1.807) is 4.57 Å². The Labute approximate surface area is 156 Å². The molecular weight excluding hydrogens is 352 g/mol. The molecule has 2 saturated heterocycles. The predicted molar refractivity (Wildman–Crippen MR) is 98.6 cm³/mol. The number of H-pyrrole nitrogens is 1. The first-order valence-corrected chi connectivity index (χ1v) is 10.2. The summed E-state index contributed by atoms with van der Waals surface area (Å²) in [6, 6.07) is 3.86. The van der Waals surface area contributed by atoms with Gasteiger partial charge in [-0.2, -0.15) is 5.10 Å². The van der Waals surface area contributed by atoms with Crippen LogP contribution in [0.4, 0.5) is 0 Å². The summed E-state index contributed by atoms with van der Waals surface area (Å²) in [5.41, 5.74) is -0.186. The van der Waals surface area contributed by atoms with Gasteiger partial charge in [-0.25, -0.2) is 14.5 Å². The molecular formula is C18H24N4O3S. The second-order valence-corrected chi connectivity index (χ2v) is 8.02. The van der Waals surface area contributed by atoms with Crippen LogP contribution in [0.25, 0.3) is 5.00 Å². The fraction of sp³-hybridized carbons (Fsp3) is 0.611. The minimum Gasteiger partial charge on any atom is -0.381 e. The van der Waals surface area contributed by atoms with E-state index in [9.17, 15) is 9.59 Å². The maximum Gasteiger partial charge on any atom is 0.348 e. The molecule has 2 fully saturated rings. The number of piperidine rings is 1. The number of hydrogen-bond donors (Lipinski definition) is 1. The zero-order valence-electron chi connectivity index (χ0n) is 14.7. The monoisotopic (exact) mass is 376 g/mol. The molecule has 0 unspecified atom stereocenters. The third-order valence-electron chi connectivity index (χ3n) is 5.44. The molecule has 0 radical (unpaired) electrons. The first kappa shape index (κ1) is 17.5. The Bertz CT molecular complexity index is 784. The standard InChI is InChI=1S/C18H24N4O3S/c23-17(14-5-9-25-10-6-14)21-7-3-13(4-8-21)12-15-19-20-18(24)22(15)16-2-1-11-26-16/h1-2,11,13-14H,3-10,12H2,(H,20,24). The average Bonchev–Trinajstić information content (AvgIpc) is 3.32. The van der Waals surface area contributed by atoms with E-state index in [4.69, 9.17) is 4.74 Å². The number of aromatic nitrogens is 3. The molecule has 1 N–H and O–H groups in total. The van der Waals surface area contributed by atoms with Crippen LogP contribution in [0.2, 0.25) is 0 Å². The lowest BCUT2D eigenvalue weighted by molar-refractivity contribution is -0.139. The van der Waals surface area contributed by atoms with Crippen molar-refractivity contribution in [2.75, 3.05) is 26.3 Å². The van der Waals surface area contributed by atoms with Crippen molar-refractivity contribution in [3.8, 4) is 5.00 Å². The van der Waals surface area contributed by atoms with Crippen LogP contribution in [0.15, 0.2) is 22.3 Å². The van der Waals surface area contributed by atoms with Gasteiger partial charge in [0.2, 0.25) is 5.91 Å². The number of rotatable bonds is 4. The molecule has 1 amide bonds. The van der Waals surface area contributed by atoms with Crippen LogP contribution >= 0.6 is 11.3 Å². The summed E-state index contributed by atoms with van der Waals surface area (Å²) in [6.07, 6.45) is 4.37. The third kappa shape index (κ3) is 3.61. The molecule has 2 aromatic heterocycles. The zero-order chi connectivity index (χ0) is 17.9. The molecule has 2 aliphatic heterocycles. The molecule has 0 bridgehead atoms. The first-order chi connectivity index (χ1) is 12.7. The Morgan fingerprint density at radius 2 is 2.04 bits per heavy atom. The van der Waals surface area contributed by atoms with E-state index in [1.165, 1.54) is 11.3 Å². The van der Waals surface area contributed by atoms with Gasteiger partial charge in [0.05, 0.1) is 0 Å². The second-order valence-electron chi connectivity index (χ2n) is 7.09. The third-order valence-corrected chi connectivity index (χ3v) is 6.29. The van der Waals surface area contributed by atoms with Crippen LogP contribution in [-0.2, 0) is 16.0 Å². The molecule has 0 aromatic carbocycles. The Hall–Kier alpha value is -1.93. The van der Waals surface area contributed by atoms with Gasteiger partial charge in [-0.15, -0.1) is 11.3 Å². The quantitative estimate of drug-likeness (QED) is 0.883. The van der Waals surface area contributed by atoms with Gasteiger partial charge in [0.25, 0.3) is 0 Å². The summed E-state index contributed by atoms with van der Waals surface area (Å²) < 4.78 is 7.03. The van der Waals surface area contributed by atoms with Gasteiger partial charge < -0.3 is 9.64 Å². The molecule has 0 atom stereocenters. The lowest BCUT2D eigenvalue weighted by atomic mass is 9.91. The molecule has 0 spiro atoms. The summed E-state index contributed by atoms with van der Waals surface area (Å²) in [5, 5.41) is 9.66. The van der Waals surface area contributed by atoms with E-state index < -0.39 is 0 Å². The molecule has 0 aliphatic carbocycles. The fourth-order valence-corrected chi connectivity index (χ4v) is 4.66. The number of nitrogens with zero attached hydrogens (tertiary/aromatic N) is 3. The lowest BCUT2D eigenvalue weighted by Crippen LogP contribution is -2.43. The number of aromatic amines is 1. The maximum absolute atomic E-state index is 12.6. The van der Waals surface area contributed by atoms with Crippen LogP contribution < -0.4 is 5.69 Å². The molecule has 8 heteroatoms. The van der Waals surface area contributed by atoms with Crippen LogP contribution in [0.5, 0.6) is 0 Å². The van der Waals surface area contributed by atoms with Crippen LogP contribution in [-0.4, -0.2) is 51.9 Å². The minimum atomic E-state index is -0.186. The van der Waals surface area contributed by atoms with Crippen molar-refractivity contribution in [2.24, 2.45) is 11.8 Å². The van der Waals surface area contributed by atoms with Gasteiger partial charge in [-0.1, -0.05) is 0 Å². The number of amides is 1. The highest BCUT2D eigenvalue weighted by Crippen LogP contribution is 2.25. The normalized spacial score (nSPS) is 19.8. The van der Waals surface area contributed by atoms with E-state index in [-0.39, 0.29) is 11.6 Å². The lowest BCUT2D eigenvalue weighted by Gasteiger charge is -2.35. The fourth-order valence-electron chi connectivity index (χ4n) is 3.91. The molecule has 140 valence electrons. The van der Waals surface area contributed by atoms with Crippen molar-refractivity contribution in [3.63, 3.8) is 0 Å². The Morgan fingerprint density at radius 1 is 1.27 bits per heavy atom. The van der Waals surface area contributed by atoms with E-state index >= 15 is 0 Å². The van der Waals surface area contributed by atoms with Crippen LogP contribution in [0, 0.1) is 11.8 Å². The van der Waals surface area contributed by atoms with Crippen molar-refractivity contribution in [1.29, 1.82) is 0 Å². The van der Waals surface area contributed by atoms with Gasteiger partial charge in [-0.05, 0) is 49.1 Å². The Kier molecular flexibility index (Phi) is 5.21. The average molecular weight is 376 g/mol. The van der Waals surface area contributed by atoms with E-state index in [1.807, 2.05) is 22.4 Å². The van der Waals surface area contributed by atoms with E-state index in [2.05, 4.69) is 10.2 Å². The van der Waals surface area contributed by atoms with E-state index in [0.717, 1.165) is 56.0 Å². The largest absolute Gasteiger partial charge is 0.381 e. The summed E-state index contributed by atoms with van der Waals surface area (Å²) >= 11 is 1.53. The van der Waals surface area contributed by atoms with Crippen molar-refractivity contribution >= 4 is 17.2 Å². The van der Waals surface area contributed by atoms with Crippen molar-refractivity contribution in [2.45, 2.75) is 32.1 Å². The Morgan fingerprint density at radius 3 is 2.73 bits per heavy atom. The highest BCUT2D eigenvalue weighted by Gasteiger charge is 2.30. The maximum atomic E-state index is 12.6. The van der Waals surface area contributed by atoms with Gasteiger partial charge in [0.15, 0.2) is 0 Å². The summed E-state index contributed by atoms with van der Waals surface area (Å²) in [5.74, 6) is 1.66. The van der Waals surface area contributed by atoms with Gasteiger partial charge >= 0.3 is 5.69 Å². The van der Waals surface area contributed by atoms with Gasteiger partial charge in [-0.3, -0.25) is 4.79 Å². The van der Waals surface area contributed by atoms with Crippen molar-refractivity contribution < 1.29 is 9.53 Å². The summed E-state index contributed by atoms with van der Waals surface area (Å²) in [7, 11) is 0. The van der Waals surface area contributed by atoms with Crippen LogP contribution in [0.1, 0.15) is 31.5 Å². The number of hydrogen-bond acceptors (Lipinski definition) is 5. The number of carbonyl (C=O) groups is 1. The van der Waals surface area contributed by atoms with Gasteiger partial charge in [0.1, 0.15) is 10.8 Å². The molecule has 2 aliphatic rings. The SMILES string of the molecule is O=C(C1CCOCC1)N1CCC(Cc2n[nH]c(=O)n2-c2cccs2)CC1. The minimum absolute atomic E-state index is 0.135. The van der Waals surface area contributed by atoms with Crippen molar-refractivity contribution in [3.05, 3.63) is 33.8 Å². The highest BCUT2D eigenvalue weighted by atomic mass is 32.1. The second kappa shape index (κ2) is 7.75. The van der Waals surface area contributed by atoms with Gasteiger partial charge in [0, 0.05) is 38.6 Å². The molecule has 2 aromatic rings. The summed E-state index contributed by atoms with van der Waals surface area (Å²) in [4.78, 5) is 26.7. The molecule has 0 saturated carbocycles. The van der Waals surface area contributed by atoms with Crippen molar-refractivity contribution in [1.82, 2.24) is 19.7 Å². The number of thiophene rings is 1.